The van der Waals surface area contributed by atoms with Gasteiger partial charge in [0.2, 0.25) is 0 Å². The SMILES string of the molecule is CCN1C(=O)C(=Cc2cccc(OCCCOc3ccc(OC)cc3)c2)SC1=S. The number of amides is 1. The second-order valence-corrected chi connectivity index (χ2v) is 7.90. The maximum Gasteiger partial charge on any atom is 0.266 e. The molecule has 5 nitrogen and oxygen atoms in total. The van der Waals surface area contributed by atoms with Crippen LogP contribution in [0.4, 0.5) is 0 Å². The summed E-state index contributed by atoms with van der Waals surface area (Å²) in [5.41, 5.74) is 0.911. The fourth-order valence-corrected chi connectivity index (χ4v) is 4.11. The second kappa shape index (κ2) is 10.3. The maximum atomic E-state index is 12.3. The van der Waals surface area contributed by atoms with E-state index < -0.39 is 0 Å². The lowest BCUT2D eigenvalue weighted by atomic mass is 10.2. The highest BCUT2D eigenvalue weighted by molar-refractivity contribution is 8.26. The molecular weight excluding hydrogens is 406 g/mol. The Morgan fingerprint density at radius 2 is 1.72 bits per heavy atom. The molecule has 0 aromatic heterocycles. The predicted octanol–water partition coefficient (Wildman–Crippen LogP) is 4.76. The molecule has 0 aliphatic carbocycles. The summed E-state index contributed by atoms with van der Waals surface area (Å²) in [5.74, 6) is 2.33. The van der Waals surface area contributed by atoms with E-state index in [1.807, 2.05) is 61.5 Å². The summed E-state index contributed by atoms with van der Waals surface area (Å²) in [6.45, 7) is 3.60. The van der Waals surface area contributed by atoms with Crippen molar-refractivity contribution in [3.8, 4) is 17.2 Å². The van der Waals surface area contributed by atoms with Gasteiger partial charge in [0.25, 0.3) is 5.91 Å². The van der Waals surface area contributed by atoms with Crippen molar-refractivity contribution in [3.05, 3.63) is 59.0 Å². The Hall–Kier alpha value is -2.51. The lowest BCUT2D eigenvalue weighted by Gasteiger charge is -2.10. The zero-order valence-corrected chi connectivity index (χ0v) is 18.1. The predicted molar refractivity (Wildman–Crippen MR) is 121 cm³/mol. The van der Waals surface area contributed by atoms with Crippen molar-refractivity contribution in [2.45, 2.75) is 13.3 Å². The van der Waals surface area contributed by atoms with E-state index >= 15 is 0 Å². The van der Waals surface area contributed by atoms with Gasteiger partial charge in [-0.05, 0) is 55.0 Å². The Labute approximate surface area is 180 Å². The monoisotopic (exact) mass is 429 g/mol. The number of rotatable bonds is 9. The molecule has 1 aliphatic rings. The highest BCUT2D eigenvalue weighted by Crippen LogP contribution is 2.32. The molecule has 2 aromatic rings. The number of thioether (sulfide) groups is 1. The summed E-state index contributed by atoms with van der Waals surface area (Å²) in [6, 6.07) is 15.2. The van der Waals surface area contributed by atoms with Gasteiger partial charge in [0, 0.05) is 13.0 Å². The minimum Gasteiger partial charge on any atom is -0.497 e. The molecule has 1 saturated heterocycles. The smallest absolute Gasteiger partial charge is 0.266 e. The van der Waals surface area contributed by atoms with Gasteiger partial charge in [-0.15, -0.1) is 0 Å². The van der Waals surface area contributed by atoms with E-state index in [1.54, 1.807) is 12.0 Å². The summed E-state index contributed by atoms with van der Waals surface area (Å²) in [4.78, 5) is 14.6. The van der Waals surface area contributed by atoms with Crippen LogP contribution < -0.4 is 14.2 Å². The summed E-state index contributed by atoms with van der Waals surface area (Å²) in [6.07, 6.45) is 2.61. The number of carbonyl (C=O) groups is 1. The van der Waals surface area contributed by atoms with Gasteiger partial charge < -0.3 is 14.2 Å². The number of methoxy groups -OCH3 is 1. The number of hydrogen-bond acceptors (Lipinski definition) is 6. The van der Waals surface area contributed by atoms with Gasteiger partial charge >= 0.3 is 0 Å². The van der Waals surface area contributed by atoms with E-state index in [0.717, 1.165) is 29.2 Å². The molecule has 29 heavy (non-hydrogen) atoms. The topological polar surface area (TPSA) is 48.0 Å². The number of likely N-dealkylation sites (N-methyl/N-ethyl adjacent to an activating group) is 1. The van der Waals surface area contributed by atoms with Crippen molar-refractivity contribution in [1.82, 2.24) is 4.90 Å². The van der Waals surface area contributed by atoms with Crippen LogP contribution in [0.5, 0.6) is 17.2 Å². The van der Waals surface area contributed by atoms with Gasteiger partial charge in [0.05, 0.1) is 25.2 Å². The van der Waals surface area contributed by atoms with Crippen molar-refractivity contribution in [3.63, 3.8) is 0 Å². The Balaban J connectivity index is 1.48. The number of nitrogens with zero attached hydrogens (tertiary/aromatic N) is 1. The third-order valence-corrected chi connectivity index (χ3v) is 5.61. The van der Waals surface area contributed by atoms with E-state index in [1.165, 1.54) is 11.8 Å². The number of hydrogen-bond donors (Lipinski definition) is 0. The average Bonchev–Trinajstić information content (AvgIpc) is 3.00. The molecule has 0 N–H and O–H groups in total. The third-order valence-electron chi connectivity index (χ3n) is 4.23. The molecule has 0 unspecified atom stereocenters. The van der Waals surface area contributed by atoms with Gasteiger partial charge in [-0.3, -0.25) is 9.69 Å². The van der Waals surface area contributed by atoms with Crippen molar-refractivity contribution >= 4 is 40.3 Å². The molecular formula is C22H23NO4S2. The number of benzene rings is 2. The van der Waals surface area contributed by atoms with Crippen molar-refractivity contribution < 1.29 is 19.0 Å². The first-order valence-electron chi connectivity index (χ1n) is 9.36. The first kappa shape index (κ1) is 21.2. The standard InChI is InChI=1S/C22H23NO4S2/c1-3-23-21(24)20(29-22(23)28)15-16-6-4-7-19(14-16)27-13-5-12-26-18-10-8-17(25-2)9-11-18/h4,6-11,14-15H,3,5,12-13H2,1-2H3. The Kier molecular flexibility index (Phi) is 7.55. The maximum absolute atomic E-state index is 12.3. The number of carbonyl (C=O) groups excluding carboxylic acids is 1. The van der Waals surface area contributed by atoms with Crippen LogP contribution in [0.3, 0.4) is 0 Å². The van der Waals surface area contributed by atoms with E-state index in [4.69, 9.17) is 26.4 Å². The molecule has 0 spiro atoms. The zero-order valence-electron chi connectivity index (χ0n) is 16.4. The molecule has 1 heterocycles. The largest absolute Gasteiger partial charge is 0.497 e. The van der Waals surface area contributed by atoms with Crippen LogP contribution in [0.1, 0.15) is 18.9 Å². The van der Waals surface area contributed by atoms with Gasteiger partial charge in [-0.2, -0.15) is 0 Å². The summed E-state index contributed by atoms with van der Waals surface area (Å²) in [5, 5.41) is 0. The third kappa shape index (κ3) is 5.74. The fraction of sp³-hybridized carbons (Fsp3) is 0.273. The van der Waals surface area contributed by atoms with Crippen molar-refractivity contribution in [2.24, 2.45) is 0 Å². The first-order valence-corrected chi connectivity index (χ1v) is 10.6. The molecule has 2 aromatic carbocycles. The van der Waals surface area contributed by atoms with Crippen LogP contribution in [0.25, 0.3) is 6.08 Å². The Bertz CT molecular complexity index is 896. The molecule has 0 atom stereocenters. The van der Waals surface area contributed by atoms with E-state index in [9.17, 15) is 4.79 Å². The normalized spacial score (nSPS) is 15.1. The van der Waals surface area contributed by atoms with Gasteiger partial charge in [-0.1, -0.05) is 36.1 Å². The van der Waals surface area contributed by atoms with Crippen LogP contribution in [0.2, 0.25) is 0 Å². The average molecular weight is 430 g/mol. The van der Waals surface area contributed by atoms with Crippen LogP contribution in [0, 0.1) is 0 Å². The Morgan fingerprint density at radius 1 is 1.03 bits per heavy atom. The molecule has 7 heteroatoms. The van der Waals surface area contributed by atoms with Gasteiger partial charge in [0.1, 0.15) is 21.6 Å². The lowest BCUT2D eigenvalue weighted by molar-refractivity contribution is -0.121. The highest BCUT2D eigenvalue weighted by Gasteiger charge is 2.30. The number of thiocarbonyl (C=S) groups is 1. The van der Waals surface area contributed by atoms with Crippen LogP contribution in [-0.2, 0) is 4.79 Å². The van der Waals surface area contributed by atoms with E-state index in [-0.39, 0.29) is 5.91 Å². The van der Waals surface area contributed by atoms with Crippen molar-refractivity contribution in [1.29, 1.82) is 0 Å². The summed E-state index contributed by atoms with van der Waals surface area (Å²) >= 11 is 6.59. The molecule has 3 rings (SSSR count). The van der Waals surface area contributed by atoms with Gasteiger partial charge in [0.15, 0.2) is 0 Å². The quantitative estimate of drug-likeness (QED) is 0.325. The second-order valence-electron chi connectivity index (χ2n) is 6.22. The Morgan fingerprint density at radius 3 is 2.38 bits per heavy atom. The van der Waals surface area contributed by atoms with E-state index in [2.05, 4.69) is 0 Å². The molecule has 152 valence electrons. The fourth-order valence-electron chi connectivity index (χ4n) is 2.73. The minimum absolute atomic E-state index is 0.0375. The minimum atomic E-state index is -0.0375. The first-order chi connectivity index (χ1) is 14.1. The van der Waals surface area contributed by atoms with Crippen LogP contribution in [0.15, 0.2) is 53.4 Å². The van der Waals surface area contributed by atoms with Crippen LogP contribution >= 0.6 is 24.0 Å². The van der Waals surface area contributed by atoms with E-state index in [0.29, 0.717) is 29.0 Å². The van der Waals surface area contributed by atoms with Gasteiger partial charge in [-0.25, -0.2) is 0 Å². The molecule has 0 saturated carbocycles. The molecule has 0 bridgehead atoms. The molecule has 0 radical (unpaired) electrons. The van der Waals surface area contributed by atoms with Crippen molar-refractivity contribution in [2.75, 3.05) is 26.9 Å². The number of ether oxygens (including phenoxy) is 3. The highest BCUT2D eigenvalue weighted by atomic mass is 32.2. The molecule has 1 aliphatic heterocycles. The lowest BCUT2D eigenvalue weighted by Crippen LogP contribution is -2.27. The molecule has 1 amide bonds. The molecule has 1 fully saturated rings. The zero-order chi connectivity index (χ0) is 20.6. The summed E-state index contributed by atoms with van der Waals surface area (Å²) in [7, 11) is 1.64. The summed E-state index contributed by atoms with van der Waals surface area (Å²) < 4.78 is 17.2. The van der Waals surface area contributed by atoms with Crippen LogP contribution in [-0.4, -0.2) is 42.0 Å².